The van der Waals surface area contributed by atoms with Crippen LogP contribution < -0.4 is 10.9 Å². The van der Waals surface area contributed by atoms with Gasteiger partial charge in [-0.2, -0.15) is 0 Å². The Kier molecular flexibility index (Phi) is 6.10. The molecule has 0 fully saturated rings. The van der Waals surface area contributed by atoms with Crippen molar-refractivity contribution in [1.82, 2.24) is 9.55 Å². The van der Waals surface area contributed by atoms with Gasteiger partial charge >= 0.3 is 0 Å². The van der Waals surface area contributed by atoms with Gasteiger partial charge in [0.2, 0.25) is 5.91 Å². The molecule has 10 heteroatoms. The molecule has 1 N–H and O–H groups in total. The normalized spacial score (nSPS) is 12.4. The quantitative estimate of drug-likeness (QED) is 0.261. The number of nitro benzene ring substituents is 1. The van der Waals surface area contributed by atoms with E-state index in [-0.39, 0.29) is 22.9 Å². The predicted molar refractivity (Wildman–Crippen MR) is 121 cm³/mol. The number of non-ortho nitro benzene ring substituents is 1. The first kappa shape index (κ1) is 21.1. The summed E-state index contributed by atoms with van der Waals surface area (Å²) in [5, 5.41) is 14.2. The molecule has 3 aromatic rings. The molecule has 1 aromatic heterocycles. The molecule has 0 radical (unpaired) electrons. The highest BCUT2D eigenvalue weighted by Crippen LogP contribution is 2.30. The van der Waals surface area contributed by atoms with Crippen molar-refractivity contribution in [3.05, 3.63) is 80.3 Å². The Morgan fingerprint density at radius 2 is 2.06 bits per heavy atom. The van der Waals surface area contributed by atoms with E-state index in [1.165, 1.54) is 40.6 Å². The number of fused-ring (bicyclic) bond motifs is 1. The number of benzene rings is 2. The maximum absolute atomic E-state index is 13.1. The van der Waals surface area contributed by atoms with Crippen LogP contribution in [-0.4, -0.2) is 31.9 Å². The van der Waals surface area contributed by atoms with Gasteiger partial charge in [0.15, 0.2) is 5.16 Å². The third-order valence-electron chi connectivity index (χ3n) is 4.62. The fourth-order valence-electron chi connectivity index (χ4n) is 3.19. The van der Waals surface area contributed by atoms with E-state index < -0.39 is 4.92 Å². The van der Waals surface area contributed by atoms with Crippen LogP contribution in [0.4, 0.5) is 11.4 Å². The van der Waals surface area contributed by atoms with Crippen LogP contribution in [0.25, 0.3) is 5.69 Å². The number of nitro groups is 1. The number of aryl methyl sites for hydroxylation is 2. The van der Waals surface area contributed by atoms with E-state index in [1.807, 2.05) is 31.2 Å². The summed E-state index contributed by atoms with van der Waals surface area (Å²) in [6.45, 7) is 1.94. The van der Waals surface area contributed by atoms with Crippen LogP contribution in [0.5, 0.6) is 0 Å². The first-order valence-electron chi connectivity index (χ1n) is 9.45. The van der Waals surface area contributed by atoms with Crippen molar-refractivity contribution in [2.24, 2.45) is 0 Å². The van der Waals surface area contributed by atoms with Crippen molar-refractivity contribution in [3.8, 4) is 5.69 Å². The summed E-state index contributed by atoms with van der Waals surface area (Å²) in [5.41, 5.74) is 2.66. The Labute approximate surface area is 186 Å². The summed E-state index contributed by atoms with van der Waals surface area (Å²) in [4.78, 5) is 41.3. The second-order valence-corrected chi connectivity index (χ2v) is 8.94. The molecule has 0 aliphatic carbocycles. The van der Waals surface area contributed by atoms with Gasteiger partial charge in [-0.15, -0.1) is 11.8 Å². The molecule has 1 aliphatic heterocycles. The number of hydrogen-bond acceptors (Lipinski definition) is 7. The molecule has 1 amide bonds. The molecule has 0 atom stereocenters. The van der Waals surface area contributed by atoms with Gasteiger partial charge in [-0.25, -0.2) is 4.98 Å². The monoisotopic (exact) mass is 454 g/mol. The van der Waals surface area contributed by atoms with E-state index in [4.69, 9.17) is 0 Å². The van der Waals surface area contributed by atoms with E-state index in [0.29, 0.717) is 27.8 Å². The van der Waals surface area contributed by atoms with Gasteiger partial charge in [-0.1, -0.05) is 23.9 Å². The number of aromatic nitrogens is 2. The minimum Gasteiger partial charge on any atom is -0.325 e. The summed E-state index contributed by atoms with van der Waals surface area (Å²) in [7, 11) is 0. The van der Waals surface area contributed by atoms with E-state index in [1.54, 1.807) is 0 Å². The highest BCUT2D eigenvalue weighted by molar-refractivity contribution is 8.00. The van der Waals surface area contributed by atoms with Gasteiger partial charge in [0.1, 0.15) is 0 Å². The average molecular weight is 455 g/mol. The van der Waals surface area contributed by atoms with Crippen molar-refractivity contribution in [2.45, 2.75) is 23.4 Å². The second kappa shape index (κ2) is 8.94. The minimum atomic E-state index is -0.491. The van der Waals surface area contributed by atoms with Crippen molar-refractivity contribution >= 4 is 40.8 Å². The van der Waals surface area contributed by atoms with Crippen LogP contribution in [0.1, 0.15) is 11.3 Å². The number of anilines is 1. The molecule has 0 spiro atoms. The number of carbonyl (C=O) groups is 1. The van der Waals surface area contributed by atoms with Gasteiger partial charge < -0.3 is 5.32 Å². The van der Waals surface area contributed by atoms with Gasteiger partial charge in [-0.05, 0) is 36.8 Å². The number of rotatable bonds is 6. The van der Waals surface area contributed by atoms with Crippen molar-refractivity contribution in [2.75, 3.05) is 16.8 Å². The summed E-state index contributed by atoms with van der Waals surface area (Å²) < 4.78 is 1.42. The molecule has 0 unspecified atom stereocenters. The Hall–Kier alpha value is -3.11. The third-order valence-corrected chi connectivity index (χ3v) is 6.67. The van der Waals surface area contributed by atoms with E-state index in [2.05, 4.69) is 10.3 Å². The first-order valence-corrected chi connectivity index (χ1v) is 11.4. The van der Waals surface area contributed by atoms with E-state index in [9.17, 15) is 19.7 Å². The standard InChI is InChI=1S/C21H18N4O4S2/c1-13-3-2-4-14(11-13)22-18(26)12-31-21-23-17-9-10-30-19(17)20(27)24(21)15-5-7-16(8-6-15)25(28)29/h2-8,11H,9-10,12H2,1H3,(H,22,26). The number of amides is 1. The highest BCUT2D eigenvalue weighted by atomic mass is 32.2. The molecule has 2 heterocycles. The number of hydrogen-bond donors (Lipinski definition) is 1. The maximum atomic E-state index is 13.1. The fourth-order valence-corrected chi connectivity index (χ4v) is 5.04. The van der Waals surface area contributed by atoms with Crippen LogP contribution >= 0.6 is 23.5 Å². The van der Waals surface area contributed by atoms with Crippen molar-refractivity contribution in [1.29, 1.82) is 0 Å². The van der Waals surface area contributed by atoms with Gasteiger partial charge in [0.25, 0.3) is 11.2 Å². The zero-order chi connectivity index (χ0) is 22.0. The van der Waals surface area contributed by atoms with Gasteiger partial charge in [0.05, 0.1) is 27.0 Å². The molecule has 2 aromatic carbocycles. The van der Waals surface area contributed by atoms with Crippen LogP contribution in [0.15, 0.2) is 63.4 Å². The Morgan fingerprint density at radius 3 is 2.77 bits per heavy atom. The molecule has 4 rings (SSSR count). The van der Waals surface area contributed by atoms with Gasteiger partial charge in [-0.3, -0.25) is 24.3 Å². The fraction of sp³-hybridized carbons (Fsp3) is 0.190. The Morgan fingerprint density at radius 1 is 1.29 bits per heavy atom. The van der Waals surface area contributed by atoms with Crippen LogP contribution in [-0.2, 0) is 11.2 Å². The Bertz CT molecular complexity index is 1230. The lowest BCUT2D eigenvalue weighted by Crippen LogP contribution is -2.24. The summed E-state index contributed by atoms with van der Waals surface area (Å²) in [6.07, 6.45) is 0.694. The molecule has 31 heavy (non-hydrogen) atoms. The highest BCUT2D eigenvalue weighted by Gasteiger charge is 2.23. The largest absolute Gasteiger partial charge is 0.325 e. The zero-order valence-electron chi connectivity index (χ0n) is 16.5. The number of thioether (sulfide) groups is 2. The molecule has 1 aliphatic rings. The SMILES string of the molecule is Cc1cccc(NC(=O)CSc2nc3c(c(=O)n2-c2ccc([N+](=O)[O-])cc2)SCC3)c1. The smallest absolute Gasteiger partial charge is 0.272 e. The van der Waals surface area contributed by atoms with Gasteiger partial charge in [0, 0.05) is 30.0 Å². The topological polar surface area (TPSA) is 107 Å². The van der Waals surface area contributed by atoms with Crippen molar-refractivity contribution in [3.63, 3.8) is 0 Å². The molecule has 158 valence electrons. The zero-order valence-corrected chi connectivity index (χ0v) is 18.2. The predicted octanol–water partition coefficient (Wildman–Crippen LogP) is 3.83. The molecule has 0 saturated heterocycles. The molecule has 0 saturated carbocycles. The third kappa shape index (κ3) is 4.64. The summed E-state index contributed by atoms with van der Waals surface area (Å²) in [6, 6.07) is 13.2. The van der Waals surface area contributed by atoms with Crippen molar-refractivity contribution < 1.29 is 9.72 Å². The molecular formula is C21H18N4O4S2. The first-order chi connectivity index (χ1) is 14.9. The van der Waals surface area contributed by atoms with E-state index >= 15 is 0 Å². The lowest BCUT2D eigenvalue weighted by Gasteiger charge is -2.13. The minimum absolute atomic E-state index is 0.0629. The lowest BCUT2D eigenvalue weighted by atomic mass is 10.2. The molecule has 0 bridgehead atoms. The maximum Gasteiger partial charge on any atom is 0.272 e. The lowest BCUT2D eigenvalue weighted by molar-refractivity contribution is -0.384. The number of carbonyl (C=O) groups excluding carboxylic acids is 1. The molecular weight excluding hydrogens is 436 g/mol. The number of nitrogens with zero attached hydrogens (tertiary/aromatic N) is 3. The van der Waals surface area contributed by atoms with Crippen LogP contribution in [0.3, 0.4) is 0 Å². The second-order valence-electron chi connectivity index (χ2n) is 6.89. The van der Waals surface area contributed by atoms with E-state index in [0.717, 1.165) is 28.8 Å². The average Bonchev–Trinajstić information content (AvgIpc) is 3.21. The summed E-state index contributed by atoms with van der Waals surface area (Å²) >= 11 is 2.62. The van der Waals surface area contributed by atoms with Crippen LogP contribution in [0.2, 0.25) is 0 Å². The molecule has 8 nitrogen and oxygen atoms in total. The Balaban J connectivity index is 1.62. The summed E-state index contributed by atoms with van der Waals surface area (Å²) in [5.74, 6) is 0.633. The van der Waals surface area contributed by atoms with Crippen LogP contribution in [0, 0.1) is 17.0 Å². The number of nitrogens with one attached hydrogen (secondary N) is 1.